The topological polar surface area (TPSA) is 49.2 Å². The second-order valence-corrected chi connectivity index (χ2v) is 7.36. The molecule has 130 valence electrons. The third-order valence-electron chi connectivity index (χ3n) is 5.22. The van der Waals surface area contributed by atoms with Crippen molar-refractivity contribution in [2.24, 2.45) is 5.92 Å². The molecule has 1 unspecified atom stereocenters. The van der Waals surface area contributed by atoms with E-state index in [0.717, 1.165) is 35.4 Å². The van der Waals surface area contributed by atoms with E-state index in [-0.39, 0.29) is 5.91 Å². The van der Waals surface area contributed by atoms with Gasteiger partial charge in [-0.3, -0.25) is 4.79 Å². The number of nitrogens with one attached hydrogen (secondary N) is 1. The van der Waals surface area contributed by atoms with Crippen LogP contribution in [0.4, 0.5) is 0 Å². The maximum Gasteiger partial charge on any atom is 0.254 e. The molecule has 0 saturated heterocycles. The number of fused-ring (bicyclic) bond motifs is 3. The summed E-state index contributed by atoms with van der Waals surface area (Å²) in [6, 6.07) is 9.85. The Hall–Kier alpha value is -2.49. The molecule has 4 nitrogen and oxygen atoms in total. The largest absolute Gasteiger partial charge is 0.464 e. The minimum Gasteiger partial charge on any atom is -0.464 e. The van der Waals surface area contributed by atoms with Gasteiger partial charge in [0.2, 0.25) is 0 Å². The number of amides is 1. The molecule has 1 aromatic carbocycles. The molecule has 0 spiro atoms. The van der Waals surface area contributed by atoms with Crippen molar-refractivity contribution in [1.29, 1.82) is 0 Å². The number of benzene rings is 1. The Labute approximate surface area is 147 Å². The van der Waals surface area contributed by atoms with Crippen LogP contribution in [0.15, 0.2) is 34.7 Å². The van der Waals surface area contributed by atoms with Crippen LogP contribution in [0.1, 0.15) is 46.5 Å². The Balaban J connectivity index is 1.62. The fourth-order valence-electron chi connectivity index (χ4n) is 3.82. The molecule has 25 heavy (non-hydrogen) atoms. The van der Waals surface area contributed by atoms with Crippen molar-refractivity contribution in [3.63, 3.8) is 0 Å². The van der Waals surface area contributed by atoms with E-state index in [1.807, 2.05) is 38.2 Å². The summed E-state index contributed by atoms with van der Waals surface area (Å²) < 4.78 is 5.59. The summed E-state index contributed by atoms with van der Waals surface area (Å²) in [5.41, 5.74) is 4.61. The average molecular weight is 336 g/mol. The fourth-order valence-corrected chi connectivity index (χ4v) is 3.82. The van der Waals surface area contributed by atoms with Crippen LogP contribution in [0.5, 0.6) is 0 Å². The molecule has 1 aliphatic carbocycles. The molecule has 4 rings (SSSR count). The van der Waals surface area contributed by atoms with Gasteiger partial charge in [0.15, 0.2) is 0 Å². The van der Waals surface area contributed by atoms with Gasteiger partial charge < -0.3 is 14.3 Å². The predicted molar refractivity (Wildman–Crippen MR) is 98.7 cm³/mol. The van der Waals surface area contributed by atoms with Crippen molar-refractivity contribution in [1.82, 2.24) is 9.88 Å². The number of carbonyl (C=O) groups excluding carboxylic acids is 1. The van der Waals surface area contributed by atoms with Gasteiger partial charge in [0, 0.05) is 29.2 Å². The molecule has 0 aliphatic heterocycles. The number of aromatic nitrogens is 1. The van der Waals surface area contributed by atoms with Crippen molar-refractivity contribution in [3.8, 4) is 0 Å². The average Bonchev–Trinajstić information content (AvgIpc) is 3.16. The van der Waals surface area contributed by atoms with E-state index in [2.05, 4.69) is 18.0 Å². The van der Waals surface area contributed by atoms with Crippen LogP contribution < -0.4 is 0 Å². The number of nitrogens with zero attached hydrogens (tertiary/aromatic N) is 1. The Morgan fingerprint density at radius 1 is 1.32 bits per heavy atom. The van der Waals surface area contributed by atoms with Gasteiger partial charge >= 0.3 is 0 Å². The summed E-state index contributed by atoms with van der Waals surface area (Å²) in [6.07, 6.45) is 3.43. The zero-order valence-corrected chi connectivity index (χ0v) is 15.1. The van der Waals surface area contributed by atoms with Gasteiger partial charge in [-0.15, -0.1) is 0 Å². The number of rotatable bonds is 3. The lowest BCUT2D eigenvalue weighted by atomic mass is 9.87. The molecule has 0 saturated carbocycles. The van der Waals surface area contributed by atoms with E-state index >= 15 is 0 Å². The zero-order valence-electron chi connectivity index (χ0n) is 15.1. The van der Waals surface area contributed by atoms with Gasteiger partial charge in [-0.25, -0.2) is 0 Å². The fraction of sp³-hybridized carbons (Fsp3) is 0.381. The van der Waals surface area contributed by atoms with Crippen LogP contribution in [0.25, 0.3) is 10.9 Å². The number of aromatic amines is 1. The van der Waals surface area contributed by atoms with Crippen LogP contribution in [0.3, 0.4) is 0 Å². The predicted octanol–water partition coefficient (Wildman–Crippen LogP) is 4.47. The molecule has 0 radical (unpaired) electrons. The van der Waals surface area contributed by atoms with Crippen molar-refractivity contribution in [3.05, 3.63) is 58.7 Å². The first-order chi connectivity index (χ1) is 12.0. The van der Waals surface area contributed by atoms with Crippen LogP contribution in [-0.2, 0) is 19.4 Å². The molecule has 0 fully saturated rings. The van der Waals surface area contributed by atoms with Crippen LogP contribution in [0.2, 0.25) is 0 Å². The number of hydrogen-bond donors (Lipinski definition) is 1. The lowest BCUT2D eigenvalue weighted by molar-refractivity contribution is 0.0775. The van der Waals surface area contributed by atoms with E-state index in [9.17, 15) is 4.79 Å². The minimum absolute atomic E-state index is 0.0229. The molecule has 1 amide bonds. The number of aryl methyl sites for hydroxylation is 2. The third-order valence-corrected chi connectivity index (χ3v) is 5.22. The first-order valence-corrected chi connectivity index (χ1v) is 8.95. The van der Waals surface area contributed by atoms with Crippen molar-refractivity contribution < 1.29 is 9.21 Å². The highest BCUT2D eigenvalue weighted by Crippen LogP contribution is 2.32. The van der Waals surface area contributed by atoms with Crippen molar-refractivity contribution in [2.45, 2.75) is 39.7 Å². The standard InChI is InChI=1S/C21H24N2O2/c1-13-4-8-19-17(10-13)18-11-15(6-9-20(18)22-19)21(24)23(3)12-16-7-5-14(2)25-16/h5-7,9,11,13,22H,4,8,10,12H2,1-3H3. The lowest BCUT2D eigenvalue weighted by Gasteiger charge is -2.18. The van der Waals surface area contributed by atoms with E-state index in [1.54, 1.807) is 4.90 Å². The molecule has 2 aromatic heterocycles. The maximum atomic E-state index is 12.8. The molecule has 4 heteroatoms. The van der Waals surface area contributed by atoms with Gasteiger partial charge in [0.25, 0.3) is 5.91 Å². The number of furan rings is 1. The first-order valence-electron chi connectivity index (χ1n) is 8.95. The Kier molecular flexibility index (Phi) is 3.91. The second-order valence-electron chi connectivity index (χ2n) is 7.36. The Morgan fingerprint density at radius 3 is 2.92 bits per heavy atom. The minimum atomic E-state index is 0.0229. The normalized spacial score (nSPS) is 16.8. The highest BCUT2D eigenvalue weighted by atomic mass is 16.3. The molecule has 1 atom stereocenters. The van der Waals surface area contributed by atoms with Gasteiger partial charge in [-0.1, -0.05) is 6.92 Å². The molecule has 3 aromatic rings. The molecule has 1 N–H and O–H groups in total. The summed E-state index contributed by atoms with van der Waals surface area (Å²) in [4.78, 5) is 18.1. The SMILES string of the molecule is Cc1ccc(CN(C)C(=O)c2ccc3[nH]c4c(c3c2)CC(C)CC4)o1. The second kappa shape index (κ2) is 6.10. The highest BCUT2D eigenvalue weighted by Gasteiger charge is 2.21. The first kappa shape index (κ1) is 16.0. The molecule has 1 aliphatic rings. The van der Waals surface area contributed by atoms with E-state index in [4.69, 9.17) is 4.42 Å². The van der Waals surface area contributed by atoms with E-state index < -0.39 is 0 Å². The summed E-state index contributed by atoms with van der Waals surface area (Å²) in [7, 11) is 1.82. The third kappa shape index (κ3) is 2.97. The summed E-state index contributed by atoms with van der Waals surface area (Å²) >= 11 is 0. The molecule has 2 heterocycles. The van der Waals surface area contributed by atoms with Crippen molar-refractivity contribution in [2.75, 3.05) is 7.05 Å². The van der Waals surface area contributed by atoms with E-state index in [1.165, 1.54) is 23.1 Å². The lowest BCUT2D eigenvalue weighted by Crippen LogP contribution is -2.25. The van der Waals surface area contributed by atoms with Crippen LogP contribution >= 0.6 is 0 Å². The number of carbonyl (C=O) groups is 1. The quantitative estimate of drug-likeness (QED) is 0.767. The molecular weight excluding hydrogens is 312 g/mol. The molecular formula is C21H24N2O2. The highest BCUT2D eigenvalue weighted by molar-refractivity contribution is 5.99. The monoisotopic (exact) mass is 336 g/mol. The Morgan fingerprint density at radius 2 is 2.16 bits per heavy atom. The van der Waals surface area contributed by atoms with Gasteiger partial charge in [0.1, 0.15) is 11.5 Å². The Bertz CT molecular complexity index is 935. The summed E-state index contributed by atoms with van der Waals surface area (Å²) in [5.74, 6) is 2.40. The summed E-state index contributed by atoms with van der Waals surface area (Å²) in [6.45, 7) is 4.69. The van der Waals surface area contributed by atoms with Crippen molar-refractivity contribution >= 4 is 16.8 Å². The van der Waals surface area contributed by atoms with Crippen LogP contribution in [0, 0.1) is 12.8 Å². The number of hydrogen-bond acceptors (Lipinski definition) is 2. The summed E-state index contributed by atoms with van der Waals surface area (Å²) in [5, 5.41) is 1.20. The van der Waals surface area contributed by atoms with Gasteiger partial charge in [-0.2, -0.15) is 0 Å². The van der Waals surface area contributed by atoms with Crippen LogP contribution in [-0.4, -0.2) is 22.8 Å². The molecule has 0 bridgehead atoms. The zero-order chi connectivity index (χ0) is 17.6. The van der Waals surface area contributed by atoms with Gasteiger partial charge in [-0.05, 0) is 68.0 Å². The van der Waals surface area contributed by atoms with E-state index in [0.29, 0.717) is 12.5 Å². The smallest absolute Gasteiger partial charge is 0.254 e. The maximum absolute atomic E-state index is 12.8. The van der Waals surface area contributed by atoms with Gasteiger partial charge in [0.05, 0.1) is 6.54 Å². The number of H-pyrrole nitrogens is 1.